The molecule has 1 heterocycles. The summed E-state index contributed by atoms with van der Waals surface area (Å²) < 4.78 is 5.28. The molecule has 1 aromatic heterocycles. The third kappa shape index (κ3) is 1.42. The zero-order valence-corrected chi connectivity index (χ0v) is 7.85. The van der Waals surface area contributed by atoms with Gasteiger partial charge in [0.1, 0.15) is 17.4 Å². The van der Waals surface area contributed by atoms with E-state index in [1.165, 1.54) is 12.1 Å². The molecular weight excluding hydrogens is 196 g/mol. The standard InChI is InChI=1S/C10H6N2O3/c1-6-2-7-3-9(12(13)14)4-8(5-11)10(7)15-6/h2-4H,1H3. The normalized spacial score (nSPS) is 10.1. The molecule has 0 saturated carbocycles. The zero-order chi connectivity index (χ0) is 11.0. The Hall–Kier alpha value is -2.35. The molecule has 0 N–H and O–H groups in total. The predicted molar refractivity (Wildman–Crippen MR) is 52.3 cm³/mol. The van der Waals surface area contributed by atoms with Crippen molar-refractivity contribution >= 4 is 16.7 Å². The van der Waals surface area contributed by atoms with Gasteiger partial charge in [-0.2, -0.15) is 5.26 Å². The summed E-state index contributed by atoms with van der Waals surface area (Å²) in [6.07, 6.45) is 0. The topological polar surface area (TPSA) is 80.1 Å². The molecule has 0 bridgehead atoms. The van der Waals surface area contributed by atoms with Crippen LogP contribution in [0.2, 0.25) is 0 Å². The first-order valence-electron chi connectivity index (χ1n) is 4.20. The SMILES string of the molecule is Cc1cc2cc([N+](=O)[O-])cc(C#N)c2o1. The predicted octanol–water partition coefficient (Wildman–Crippen LogP) is 2.52. The lowest BCUT2D eigenvalue weighted by molar-refractivity contribution is -0.384. The summed E-state index contributed by atoms with van der Waals surface area (Å²) in [5, 5.41) is 20.0. The van der Waals surface area contributed by atoms with Crippen LogP contribution in [0.1, 0.15) is 11.3 Å². The number of benzene rings is 1. The molecule has 0 unspecified atom stereocenters. The Morgan fingerprint density at radius 1 is 1.47 bits per heavy atom. The molecular formula is C10H6N2O3. The molecule has 2 aromatic rings. The second kappa shape index (κ2) is 3.10. The molecule has 2 rings (SSSR count). The molecule has 74 valence electrons. The van der Waals surface area contributed by atoms with Crippen molar-refractivity contribution in [2.45, 2.75) is 6.92 Å². The molecule has 0 atom stereocenters. The van der Waals surface area contributed by atoms with Gasteiger partial charge in [-0.25, -0.2) is 0 Å². The number of fused-ring (bicyclic) bond motifs is 1. The summed E-state index contributed by atoms with van der Waals surface area (Å²) in [5.74, 6) is 0.627. The van der Waals surface area contributed by atoms with Gasteiger partial charge >= 0.3 is 0 Å². The Morgan fingerprint density at radius 3 is 2.80 bits per heavy atom. The number of hydrogen-bond donors (Lipinski definition) is 0. The summed E-state index contributed by atoms with van der Waals surface area (Å²) in [4.78, 5) is 10.1. The highest BCUT2D eigenvalue weighted by Crippen LogP contribution is 2.27. The van der Waals surface area contributed by atoms with Crippen molar-refractivity contribution in [3.63, 3.8) is 0 Å². The number of furan rings is 1. The van der Waals surface area contributed by atoms with Gasteiger partial charge in [0, 0.05) is 17.5 Å². The number of aryl methyl sites for hydroxylation is 1. The van der Waals surface area contributed by atoms with Gasteiger partial charge < -0.3 is 4.42 Å². The lowest BCUT2D eigenvalue weighted by Gasteiger charge is -1.93. The van der Waals surface area contributed by atoms with Gasteiger partial charge in [0.25, 0.3) is 5.69 Å². The van der Waals surface area contributed by atoms with Gasteiger partial charge in [-0.05, 0) is 13.0 Å². The number of nitro groups is 1. The third-order valence-corrected chi connectivity index (χ3v) is 2.06. The van der Waals surface area contributed by atoms with Crippen LogP contribution >= 0.6 is 0 Å². The number of nitro benzene ring substituents is 1. The molecule has 0 aliphatic carbocycles. The van der Waals surface area contributed by atoms with Crippen molar-refractivity contribution in [2.24, 2.45) is 0 Å². The van der Waals surface area contributed by atoms with Gasteiger partial charge in [-0.1, -0.05) is 0 Å². The smallest absolute Gasteiger partial charge is 0.271 e. The van der Waals surface area contributed by atoms with E-state index in [1.807, 2.05) is 6.07 Å². The van der Waals surface area contributed by atoms with E-state index in [0.717, 1.165) is 0 Å². The first-order valence-corrected chi connectivity index (χ1v) is 4.20. The summed E-state index contributed by atoms with van der Waals surface area (Å²) in [7, 11) is 0. The molecule has 0 amide bonds. The Morgan fingerprint density at radius 2 is 2.20 bits per heavy atom. The van der Waals surface area contributed by atoms with E-state index in [1.54, 1.807) is 13.0 Å². The molecule has 0 saturated heterocycles. The van der Waals surface area contributed by atoms with Crippen molar-refractivity contribution in [3.05, 3.63) is 39.6 Å². The van der Waals surface area contributed by atoms with E-state index in [4.69, 9.17) is 9.68 Å². The number of hydrogen-bond acceptors (Lipinski definition) is 4. The zero-order valence-electron chi connectivity index (χ0n) is 7.85. The summed E-state index contributed by atoms with van der Waals surface area (Å²) in [5.41, 5.74) is 0.493. The fourth-order valence-corrected chi connectivity index (χ4v) is 1.45. The quantitative estimate of drug-likeness (QED) is 0.525. The highest BCUT2D eigenvalue weighted by molar-refractivity contribution is 5.85. The van der Waals surface area contributed by atoms with Gasteiger partial charge in [0.2, 0.25) is 0 Å². The second-order valence-electron chi connectivity index (χ2n) is 3.14. The first kappa shape index (κ1) is 9.21. The average Bonchev–Trinajstić information content (AvgIpc) is 2.56. The molecule has 1 aromatic carbocycles. The average molecular weight is 202 g/mol. The Labute approximate surface area is 84.7 Å². The maximum atomic E-state index is 10.6. The van der Waals surface area contributed by atoms with Crippen molar-refractivity contribution in [2.75, 3.05) is 0 Å². The minimum atomic E-state index is -0.525. The fourth-order valence-electron chi connectivity index (χ4n) is 1.45. The number of non-ortho nitro benzene ring substituents is 1. The highest BCUT2D eigenvalue weighted by atomic mass is 16.6. The minimum absolute atomic E-state index is 0.0974. The van der Waals surface area contributed by atoms with Gasteiger partial charge in [0.15, 0.2) is 5.58 Å². The number of nitrogens with zero attached hydrogens (tertiary/aromatic N) is 2. The fraction of sp³-hybridized carbons (Fsp3) is 0.100. The maximum absolute atomic E-state index is 10.6. The second-order valence-corrected chi connectivity index (χ2v) is 3.14. The highest BCUT2D eigenvalue weighted by Gasteiger charge is 2.14. The summed E-state index contributed by atoms with van der Waals surface area (Å²) in [6.45, 7) is 1.73. The van der Waals surface area contributed by atoms with Gasteiger partial charge in [-0.15, -0.1) is 0 Å². The molecule has 0 aliphatic heterocycles. The van der Waals surface area contributed by atoms with Crippen molar-refractivity contribution in [1.82, 2.24) is 0 Å². The molecule has 0 spiro atoms. The van der Waals surface area contributed by atoms with E-state index >= 15 is 0 Å². The Bertz CT molecular complexity index is 592. The van der Waals surface area contributed by atoms with Crippen LogP contribution in [-0.2, 0) is 0 Å². The lowest BCUT2D eigenvalue weighted by atomic mass is 10.1. The molecule has 15 heavy (non-hydrogen) atoms. The lowest BCUT2D eigenvalue weighted by Crippen LogP contribution is -1.88. The van der Waals surface area contributed by atoms with Crippen molar-refractivity contribution in [3.8, 4) is 6.07 Å². The van der Waals surface area contributed by atoms with E-state index in [9.17, 15) is 10.1 Å². The third-order valence-electron chi connectivity index (χ3n) is 2.06. The number of nitriles is 1. The van der Waals surface area contributed by atoms with Gasteiger partial charge in [0.05, 0.1) is 4.92 Å². The maximum Gasteiger partial charge on any atom is 0.271 e. The van der Waals surface area contributed by atoms with Crippen molar-refractivity contribution < 1.29 is 9.34 Å². The number of rotatable bonds is 1. The summed E-state index contributed by atoms with van der Waals surface area (Å²) in [6, 6.07) is 6.16. The first-order chi connectivity index (χ1) is 7.11. The van der Waals surface area contributed by atoms with Crippen LogP contribution in [-0.4, -0.2) is 4.92 Å². The van der Waals surface area contributed by atoms with Gasteiger partial charge in [-0.3, -0.25) is 10.1 Å². The van der Waals surface area contributed by atoms with E-state index in [2.05, 4.69) is 0 Å². The molecule has 5 heteroatoms. The monoisotopic (exact) mass is 202 g/mol. The van der Waals surface area contributed by atoms with Crippen LogP contribution in [0.5, 0.6) is 0 Å². The molecule has 0 radical (unpaired) electrons. The van der Waals surface area contributed by atoms with Crippen LogP contribution in [0.4, 0.5) is 5.69 Å². The Kier molecular flexibility index (Phi) is 1.90. The van der Waals surface area contributed by atoms with Crippen LogP contribution in [0, 0.1) is 28.4 Å². The van der Waals surface area contributed by atoms with Crippen LogP contribution in [0.25, 0.3) is 11.0 Å². The molecule has 5 nitrogen and oxygen atoms in total. The van der Waals surface area contributed by atoms with Crippen LogP contribution in [0.3, 0.4) is 0 Å². The van der Waals surface area contributed by atoms with Crippen molar-refractivity contribution in [1.29, 1.82) is 5.26 Å². The largest absolute Gasteiger partial charge is 0.460 e. The van der Waals surface area contributed by atoms with E-state index in [0.29, 0.717) is 16.7 Å². The molecule has 0 fully saturated rings. The Balaban J connectivity index is 2.83. The summed E-state index contributed by atoms with van der Waals surface area (Å²) >= 11 is 0. The van der Waals surface area contributed by atoms with Crippen LogP contribution < -0.4 is 0 Å². The molecule has 0 aliphatic rings. The van der Waals surface area contributed by atoms with E-state index in [-0.39, 0.29) is 11.3 Å². The minimum Gasteiger partial charge on any atom is -0.460 e. The van der Waals surface area contributed by atoms with E-state index < -0.39 is 4.92 Å². The van der Waals surface area contributed by atoms with Crippen LogP contribution in [0.15, 0.2) is 22.6 Å².